The first-order valence-corrected chi connectivity index (χ1v) is 10.4. The lowest BCUT2D eigenvalue weighted by Crippen LogP contribution is -2.59. The molecule has 1 atom stereocenters. The van der Waals surface area contributed by atoms with E-state index in [-0.39, 0.29) is 30.6 Å². The van der Waals surface area contributed by atoms with Gasteiger partial charge in [0.05, 0.1) is 18.3 Å². The van der Waals surface area contributed by atoms with Gasteiger partial charge in [-0.05, 0) is 37.1 Å². The number of nitrogens with one attached hydrogen (secondary N) is 2. The van der Waals surface area contributed by atoms with Crippen molar-refractivity contribution in [3.8, 4) is 16.9 Å². The molecule has 4 rings (SSSR count). The number of piperazine rings is 1. The summed E-state index contributed by atoms with van der Waals surface area (Å²) in [5, 5.41) is 5.95. The Bertz CT molecular complexity index is 916. The second-order valence-corrected chi connectivity index (χ2v) is 8.11. The van der Waals surface area contributed by atoms with E-state index >= 15 is 0 Å². The first-order chi connectivity index (χ1) is 14.5. The summed E-state index contributed by atoms with van der Waals surface area (Å²) in [7, 11) is 0. The monoisotopic (exact) mass is 408 g/mol. The molecule has 1 fully saturated rings. The van der Waals surface area contributed by atoms with Crippen molar-refractivity contribution in [1.29, 1.82) is 0 Å². The number of amides is 3. The minimum absolute atomic E-state index is 0.0397. The smallest absolute Gasteiger partial charge is 0.317 e. The maximum Gasteiger partial charge on any atom is 0.317 e. The number of urea groups is 1. The van der Waals surface area contributed by atoms with Gasteiger partial charge in [-0.3, -0.25) is 9.69 Å². The Hall–Kier alpha value is -3.06. The van der Waals surface area contributed by atoms with Crippen LogP contribution in [0.3, 0.4) is 0 Å². The average molecular weight is 409 g/mol. The third-order valence-corrected chi connectivity index (χ3v) is 5.44. The second kappa shape index (κ2) is 8.75. The molecule has 30 heavy (non-hydrogen) atoms. The summed E-state index contributed by atoms with van der Waals surface area (Å²) in [6.45, 7) is 6.35. The topological polar surface area (TPSA) is 73.9 Å². The highest BCUT2D eigenvalue weighted by Gasteiger charge is 2.32. The number of ether oxygens (including phenoxy) is 1. The summed E-state index contributed by atoms with van der Waals surface area (Å²) in [5.41, 5.74) is 2.78. The fourth-order valence-corrected chi connectivity index (χ4v) is 3.91. The number of carbonyl (C=O) groups is 2. The van der Waals surface area contributed by atoms with E-state index in [1.807, 2.05) is 62.4 Å². The first-order valence-electron chi connectivity index (χ1n) is 10.4. The zero-order valence-electron chi connectivity index (χ0n) is 17.4. The van der Waals surface area contributed by atoms with Gasteiger partial charge in [-0.1, -0.05) is 36.4 Å². The van der Waals surface area contributed by atoms with Crippen LogP contribution in [0.1, 0.15) is 13.8 Å². The van der Waals surface area contributed by atoms with Gasteiger partial charge < -0.3 is 20.3 Å². The summed E-state index contributed by atoms with van der Waals surface area (Å²) in [6.07, 6.45) is 0. The molecule has 7 heteroatoms. The lowest BCUT2D eigenvalue weighted by molar-refractivity contribution is -0.118. The van der Waals surface area contributed by atoms with Gasteiger partial charge in [0.2, 0.25) is 5.91 Å². The maximum atomic E-state index is 12.7. The van der Waals surface area contributed by atoms with Crippen LogP contribution in [0.5, 0.6) is 5.75 Å². The summed E-state index contributed by atoms with van der Waals surface area (Å²) in [4.78, 5) is 29.0. The van der Waals surface area contributed by atoms with Gasteiger partial charge in [-0.25, -0.2) is 4.79 Å². The molecule has 3 amide bonds. The van der Waals surface area contributed by atoms with Gasteiger partial charge in [-0.15, -0.1) is 0 Å². The van der Waals surface area contributed by atoms with Crippen LogP contribution in [0.15, 0.2) is 48.5 Å². The highest BCUT2D eigenvalue weighted by atomic mass is 16.5. The molecule has 2 aromatic rings. The van der Waals surface area contributed by atoms with E-state index in [1.165, 1.54) is 0 Å². The molecule has 0 aromatic heterocycles. The largest absolute Gasteiger partial charge is 0.490 e. The maximum absolute atomic E-state index is 12.7. The highest BCUT2D eigenvalue weighted by Crippen LogP contribution is 2.32. The third kappa shape index (κ3) is 4.57. The van der Waals surface area contributed by atoms with E-state index in [0.717, 1.165) is 11.1 Å². The minimum Gasteiger partial charge on any atom is -0.490 e. The van der Waals surface area contributed by atoms with Crippen molar-refractivity contribution in [3.05, 3.63) is 48.5 Å². The van der Waals surface area contributed by atoms with Crippen molar-refractivity contribution in [1.82, 2.24) is 15.1 Å². The number of benzene rings is 2. The van der Waals surface area contributed by atoms with Crippen LogP contribution in [-0.4, -0.2) is 66.6 Å². The molecule has 2 aliphatic heterocycles. The number of rotatable bonds is 2. The van der Waals surface area contributed by atoms with E-state index in [0.29, 0.717) is 37.7 Å². The van der Waals surface area contributed by atoms with Crippen molar-refractivity contribution in [2.45, 2.75) is 25.9 Å². The Kier molecular flexibility index (Phi) is 5.90. The molecule has 0 saturated carbocycles. The number of hydrogen-bond donors (Lipinski definition) is 2. The number of hydrogen-bond acceptors (Lipinski definition) is 4. The van der Waals surface area contributed by atoms with E-state index in [9.17, 15) is 9.59 Å². The first kappa shape index (κ1) is 20.2. The minimum atomic E-state index is -0.0722. The van der Waals surface area contributed by atoms with E-state index in [2.05, 4.69) is 15.5 Å². The summed E-state index contributed by atoms with van der Waals surface area (Å²) in [5.74, 6) is 0.575. The van der Waals surface area contributed by atoms with E-state index in [4.69, 9.17) is 4.74 Å². The third-order valence-electron chi connectivity index (χ3n) is 5.44. The number of nitrogens with zero attached hydrogens (tertiary/aromatic N) is 2. The van der Waals surface area contributed by atoms with E-state index in [1.54, 1.807) is 4.90 Å². The zero-order chi connectivity index (χ0) is 21.1. The molecule has 0 spiro atoms. The quantitative estimate of drug-likeness (QED) is 0.802. The fourth-order valence-electron chi connectivity index (χ4n) is 3.91. The van der Waals surface area contributed by atoms with Gasteiger partial charge in [0.25, 0.3) is 0 Å². The summed E-state index contributed by atoms with van der Waals surface area (Å²) in [6, 6.07) is 15.9. The molecule has 0 radical (unpaired) electrons. The molecule has 7 nitrogen and oxygen atoms in total. The van der Waals surface area contributed by atoms with Crippen molar-refractivity contribution < 1.29 is 14.3 Å². The fraction of sp³-hybridized carbons (Fsp3) is 0.391. The zero-order valence-corrected chi connectivity index (χ0v) is 17.4. The SMILES string of the molecule is CC(C)NC(=O)N1CCN2CC(=O)Nc3cc(-c4ccccc4)ccc3OC[C@@H]2C1. The van der Waals surface area contributed by atoms with Crippen molar-refractivity contribution in [3.63, 3.8) is 0 Å². The van der Waals surface area contributed by atoms with Gasteiger partial charge in [0.15, 0.2) is 0 Å². The second-order valence-electron chi connectivity index (χ2n) is 8.11. The molecular weight excluding hydrogens is 380 g/mol. The van der Waals surface area contributed by atoms with Crippen LogP contribution in [0.25, 0.3) is 11.1 Å². The highest BCUT2D eigenvalue weighted by molar-refractivity contribution is 5.94. The summed E-state index contributed by atoms with van der Waals surface area (Å²) < 4.78 is 6.11. The molecule has 2 N–H and O–H groups in total. The number of fused-ring (bicyclic) bond motifs is 2. The van der Waals surface area contributed by atoms with Crippen LogP contribution in [0.4, 0.5) is 10.5 Å². The Morgan fingerprint density at radius 2 is 1.93 bits per heavy atom. The van der Waals surface area contributed by atoms with Crippen LogP contribution < -0.4 is 15.4 Å². The van der Waals surface area contributed by atoms with Crippen LogP contribution in [0, 0.1) is 0 Å². The molecular formula is C23H28N4O3. The Labute approximate surface area is 177 Å². The van der Waals surface area contributed by atoms with Gasteiger partial charge in [-0.2, -0.15) is 0 Å². The molecule has 2 heterocycles. The van der Waals surface area contributed by atoms with Crippen LogP contribution in [-0.2, 0) is 4.79 Å². The normalized spacial score (nSPS) is 19.5. The Morgan fingerprint density at radius 1 is 1.13 bits per heavy atom. The molecule has 1 saturated heterocycles. The van der Waals surface area contributed by atoms with Crippen LogP contribution >= 0.6 is 0 Å². The number of carbonyl (C=O) groups excluding carboxylic acids is 2. The lowest BCUT2D eigenvalue weighted by Gasteiger charge is -2.40. The van der Waals surface area contributed by atoms with Crippen molar-refractivity contribution in [2.75, 3.05) is 38.1 Å². The van der Waals surface area contributed by atoms with Gasteiger partial charge >= 0.3 is 6.03 Å². The van der Waals surface area contributed by atoms with Crippen molar-refractivity contribution >= 4 is 17.6 Å². The molecule has 0 bridgehead atoms. The van der Waals surface area contributed by atoms with Crippen molar-refractivity contribution in [2.24, 2.45) is 0 Å². The average Bonchev–Trinajstić information content (AvgIpc) is 2.79. The van der Waals surface area contributed by atoms with Gasteiger partial charge in [0, 0.05) is 25.7 Å². The summed E-state index contributed by atoms with van der Waals surface area (Å²) >= 11 is 0. The van der Waals surface area contributed by atoms with Crippen LogP contribution in [0.2, 0.25) is 0 Å². The number of anilines is 1. The standard InChI is InChI=1S/C23H28N4O3/c1-16(2)24-23(29)27-11-10-26-14-22(28)25-20-12-18(17-6-4-3-5-7-17)8-9-21(20)30-15-19(26)13-27/h3-9,12,16,19H,10-11,13-15H2,1-2H3,(H,24,29)(H,25,28)/t19-/m0/s1. The van der Waals surface area contributed by atoms with E-state index < -0.39 is 0 Å². The molecule has 158 valence electrons. The lowest BCUT2D eigenvalue weighted by atomic mass is 10.0. The Morgan fingerprint density at radius 3 is 2.70 bits per heavy atom. The molecule has 2 aliphatic rings. The molecule has 0 aliphatic carbocycles. The predicted octanol–water partition coefficient (Wildman–Crippen LogP) is 2.79. The molecule has 2 aromatic carbocycles. The predicted molar refractivity (Wildman–Crippen MR) is 117 cm³/mol. The Balaban J connectivity index is 1.53. The van der Waals surface area contributed by atoms with Gasteiger partial charge in [0.1, 0.15) is 12.4 Å². The molecule has 0 unspecified atom stereocenters.